The molecule has 92 valence electrons. The van der Waals surface area contributed by atoms with E-state index in [1.54, 1.807) is 0 Å². The van der Waals surface area contributed by atoms with Crippen molar-refractivity contribution in [2.24, 2.45) is 5.73 Å². The molecule has 0 atom stereocenters. The van der Waals surface area contributed by atoms with E-state index in [2.05, 4.69) is 0 Å². The van der Waals surface area contributed by atoms with E-state index in [9.17, 15) is 4.79 Å². The Labute approximate surface area is 110 Å². The summed E-state index contributed by atoms with van der Waals surface area (Å²) in [5.74, 6) is -0.673. The summed E-state index contributed by atoms with van der Waals surface area (Å²) in [6.45, 7) is 0.804. The van der Waals surface area contributed by atoms with Gasteiger partial charge in [0.25, 0.3) is 0 Å². The standard InChI is InChI=1S/C11H23NO2.HI/c12-10-8-6-4-2-1-3-5-7-9-11(13)14;/h1-10,12H2,(H,13,14);1H. The number of unbranched alkanes of at least 4 members (excludes halogenated alkanes) is 7. The van der Waals surface area contributed by atoms with Crippen molar-refractivity contribution >= 4 is 29.9 Å². The lowest BCUT2D eigenvalue weighted by atomic mass is 10.1. The number of hydrogen-bond donors (Lipinski definition) is 2. The van der Waals surface area contributed by atoms with Crippen molar-refractivity contribution in [3.63, 3.8) is 0 Å². The van der Waals surface area contributed by atoms with Gasteiger partial charge in [-0.15, -0.1) is 24.0 Å². The van der Waals surface area contributed by atoms with Crippen LogP contribution in [0.4, 0.5) is 0 Å². The first-order chi connectivity index (χ1) is 6.77. The maximum absolute atomic E-state index is 10.2. The molecule has 0 amide bonds. The molecule has 15 heavy (non-hydrogen) atoms. The molecular formula is C11H24INO2. The summed E-state index contributed by atoms with van der Waals surface area (Å²) in [6.07, 6.45) is 9.56. The number of aliphatic carboxylic acids is 1. The Balaban J connectivity index is 0. The first kappa shape index (κ1) is 17.6. The van der Waals surface area contributed by atoms with E-state index in [0.29, 0.717) is 6.42 Å². The minimum absolute atomic E-state index is 0. The van der Waals surface area contributed by atoms with E-state index in [-0.39, 0.29) is 24.0 Å². The van der Waals surface area contributed by atoms with Crippen molar-refractivity contribution in [3.05, 3.63) is 0 Å². The summed E-state index contributed by atoms with van der Waals surface area (Å²) in [5.41, 5.74) is 5.38. The van der Waals surface area contributed by atoms with Gasteiger partial charge in [0.1, 0.15) is 0 Å². The van der Waals surface area contributed by atoms with Crippen molar-refractivity contribution in [1.29, 1.82) is 0 Å². The predicted molar refractivity (Wildman–Crippen MR) is 73.7 cm³/mol. The molecule has 3 nitrogen and oxygen atoms in total. The summed E-state index contributed by atoms with van der Waals surface area (Å²) in [5, 5.41) is 8.40. The molecule has 0 aliphatic heterocycles. The third kappa shape index (κ3) is 16.8. The van der Waals surface area contributed by atoms with Crippen molar-refractivity contribution < 1.29 is 9.90 Å². The van der Waals surface area contributed by atoms with Gasteiger partial charge in [-0.05, 0) is 19.4 Å². The second-order valence-electron chi connectivity index (χ2n) is 3.76. The monoisotopic (exact) mass is 329 g/mol. The highest BCUT2D eigenvalue weighted by Gasteiger charge is 1.96. The number of nitrogens with two attached hydrogens (primary N) is 1. The fourth-order valence-electron chi connectivity index (χ4n) is 1.48. The van der Waals surface area contributed by atoms with Crippen LogP contribution in [-0.2, 0) is 4.79 Å². The smallest absolute Gasteiger partial charge is 0.303 e. The fraction of sp³-hybridized carbons (Fsp3) is 0.909. The lowest BCUT2D eigenvalue weighted by Gasteiger charge is -2.00. The zero-order valence-corrected chi connectivity index (χ0v) is 11.7. The van der Waals surface area contributed by atoms with Gasteiger partial charge in [0.05, 0.1) is 0 Å². The average Bonchev–Trinajstić information content (AvgIpc) is 2.15. The van der Waals surface area contributed by atoms with Crippen LogP contribution >= 0.6 is 24.0 Å². The Morgan fingerprint density at radius 2 is 1.27 bits per heavy atom. The van der Waals surface area contributed by atoms with Crippen LogP contribution in [0.15, 0.2) is 0 Å². The van der Waals surface area contributed by atoms with Crippen LogP contribution in [0.3, 0.4) is 0 Å². The number of carboxylic acids is 1. The predicted octanol–water partition coefficient (Wildman–Crippen LogP) is 3.16. The third-order valence-corrected chi connectivity index (χ3v) is 2.34. The van der Waals surface area contributed by atoms with Crippen LogP contribution in [0, 0.1) is 0 Å². The lowest BCUT2D eigenvalue weighted by molar-refractivity contribution is -0.137. The molecule has 0 aliphatic carbocycles. The van der Waals surface area contributed by atoms with Crippen molar-refractivity contribution in [1.82, 2.24) is 0 Å². The number of carbonyl (C=O) groups is 1. The molecule has 0 aromatic heterocycles. The van der Waals surface area contributed by atoms with E-state index in [1.807, 2.05) is 0 Å². The summed E-state index contributed by atoms with van der Waals surface area (Å²) in [4.78, 5) is 10.2. The molecule has 0 rings (SSSR count). The molecular weight excluding hydrogens is 305 g/mol. The molecule has 4 heteroatoms. The Kier molecular flexibility index (Phi) is 16.6. The summed E-state index contributed by atoms with van der Waals surface area (Å²) < 4.78 is 0. The minimum atomic E-state index is -0.673. The second kappa shape index (κ2) is 14.2. The van der Waals surface area contributed by atoms with Crippen LogP contribution in [0.1, 0.15) is 57.8 Å². The number of carboxylic acid groups (broad SMARTS) is 1. The average molecular weight is 329 g/mol. The summed E-state index contributed by atoms with van der Waals surface area (Å²) in [6, 6.07) is 0. The van der Waals surface area contributed by atoms with E-state index < -0.39 is 5.97 Å². The Hall–Kier alpha value is 0.160. The maximum atomic E-state index is 10.2. The third-order valence-electron chi connectivity index (χ3n) is 2.34. The van der Waals surface area contributed by atoms with Crippen LogP contribution < -0.4 is 5.73 Å². The lowest BCUT2D eigenvalue weighted by Crippen LogP contribution is -1.97. The Morgan fingerprint density at radius 3 is 1.67 bits per heavy atom. The molecule has 0 saturated heterocycles. The Morgan fingerprint density at radius 1 is 0.867 bits per heavy atom. The second-order valence-corrected chi connectivity index (χ2v) is 3.76. The van der Waals surface area contributed by atoms with E-state index in [0.717, 1.165) is 25.8 Å². The van der Waals surface area contributed by atoms with E-state index in [4.69, 9.17) is 10.8 Å². The van der Waals surface area contributed by atoms with Gasteiger partial charge in [-0.2, -0.15) is 0 Å². The maximum Gasteiger partial charge on any atom is 0.303 e. The zero-order valence-electron chi connectivity index (χ0n) is 9.41. The van der Waals surface area contributed by atoms with Crippen molar-refractivity contribution in [3.8, 4) is 0 Å². The molecule has 0 aromatic carbocycles. The molecule has 0 spiro atoms. The van der Waals surface area contributed by atoms with Gasteiger partial charge in [-0.3, -0.25) is 4.79 Å². The highest BCUT2D eigenvalue weighted by Crippen LogP contribution is 2.09. The summed E-state index contributed by atoms with van der Waals surface area (Å²) in [7, 11) is 0. The minimum Gasteiger partial charge on any atom is -0.481 e. The van der Waals surface area contributed by atoms with Crippen LogP contribution in [-0.4, -0.2) is 17.6 Å². The number of rotatable bonds is 10. The zero-order chi connectivity index (χ0) is 10.6. The topological polar surface area (TPSA) is 63.3 Å². The molecule has 0 aromatic rings. The van der Waals surface area contributed by atoms with Gasteiger partial charge >= 0.3 is 5.97 Å². The summed E-state index contributed by atoms with van der Waals surface area (Å²) >= 11 is 0. The normalized spacial score (nSPS) is 9.67. The van der Waals surface area contributed by atoms with Crippen molar-refractivity contribution in [2.45, 2.75) is 57.8 Å². The van der Waals surface area contributed by atoms with Crippen LogP contribution in [0.25, 0.3) is 0 Å². The highest BCUT2D eigenvalue weighted by atomic mass is 127. The quantitative estimate of drug-likeness (QED) is 0.478. The molecule has 0 saturated carbocycles. The van der Waals surface area contributed by atoms with Gasteiger partial charge < -0.3 is 10.8 Å². The van der Waals surface area contributed by atoms with E-state index >= 15 is 0 Å². The van der Waals surface area contributed by atoms with E-state index in [1.165, 1.54) is 32.1 Å². The Bertz CT molecular complexity index is 143. The van der Waals surface area contributed by atoms with Crippen LogP contribution in [0.5, 0.6) is 0 Å². The highest BCUT2D eigenvalue weighted by molar-refractivity contribution is 14.0. The van der Waals surface area contributed by atoms with Gasteiger partial charge in [0.15, 0.2) is 0 Å². The van der Waals surface area contributed by atoms with Gasteiger partial charge in [-0.25, -0.2) is 0 Å². The number of hydrogen-bond acceptors (Lipinski definition) is 2. The van der Waals surface area contributed by atoms with Gasteiger partial charge in [0, 0.05) is 6.42 Å². The van der Waals surface area contributed by atoms with Gasteiger partial charge in [-0.1, -0.05) is 38.5 Å². The molecule has 0 bridgehead atoms. The fourth-order valence-corrected chi connectivity index (χ4v) is 1.48. The van der Waals surface area contributed by atoms with Crippen molar-refractivity contribution in [2.75, 3.05) is 6.54 Å². The van der Waals surface area contributed by atoms with Gasteiger partial charge in [0.2, 0.25) is 0 Å². The largest absolute Gasteiger partial charge is 0.481 e. The first-order valence-corrected chi connectivity index (χ1v) is 5.69. The molecule has 0 radical (unpaired) electrons. The molecule has 0 unspecified atom stereocenters. The molecule has 0 fully saturated rings. The molecule has 0 aliphatic rings. The van der Waals surface area contributed by atoms with Crippen LogP contribution in [0.2, 0.25) is 0 Å². The first-order valence-electron chi connectivity index (χ1n) is 5.69. The molecule has 0 heterocycles. The SMILES string of the molecule is I.NCCCCCCCCCCC(=O)O. The number of halogens is 1. The molecule has 3 N–H and O–H groups in total.